The van der Waals surface area contributed by atoms with Crippen LogP contribution in [0.5, 0.6) is 0 Å². The molecule has 102 valence electrons. The van der Waals surface area contributed by atoms with Crippen LogP contribution >= 0.6 is 11.3 Å². The zero-order valence-corrected chi connectivity index (χ0v) is 11.6. The van der Waals surface area contributed by atoms with Crippen molar-refractivity contribution in [3.8, 4) is 6.07 Å². The highest BCUT2D eigenvalue weighted by atomic mass is 32.1. The Bertz CT molecular complexity index is 700. The molecule has 0 spiro atoms. The number of nitriles is 1. The van der Waals surface area contributed by atoms with E-state index < -0.39 is 0 Å². The van der Waals surface area contributed by atoms with E-state index in [1.807, 2.05) is 0 Å². The number of anilines is 1. The van der Waals surface area contributed by atoms with Gasteiger partial charge in [-0.25, -0.2) is 9.97 Å². The van der Waals surface area contributed by atoms with Crippen LogP contribution in [0.2, 0.25) is 0 Å². The third-order valence-electron chi connectivity index (χ3n) is 3.27. The third kappa shape index (κ3) is 2.18. The van der Waals surface area contributed by atoms with Crippen molar-refractivity contribution in [2.75, 3.05) is 12.3 Å². The molecule has 0 aliphatic heterocycles. The first-order chi connectivity index (χ1) is 9.72. The number of carbonyl (C=O) groups is 1. The molecule has 2 aromatic rings. The molecule has 0 atom stereocenters. The zero-order valence-electron chi connectivity index (χ0n) is 10.7. The molecule has 0 aromatic carbocycles. The van der Waals surface area contributed by atoms with Crippen molar-refractivity contribution in [2.45, 2.75) is 25.3 Å². The molecule has 1 aliphatic carbocycles. The van der Waals surface area contributed by atoms with Gasteiger partial charge >= 0.3 is 0 Å². The summed E-state index contributed by atoms with van der Waals surface area (Å²) in [6.45, 7) is 0.453. The second-order valence-corrected chi connectivity index (χ2v) is 5.69. The van der Waals surface area contributed by atoms with Gasteiger partial charge in [-0.3, -0.25) is 4.79 Å². The number of rotatable bonds is 4. The predicted molar refractivity (Wildman–Crippen MR) is 76.1 cm³/mol. The molecule has 1 saturated carbocycles. The maximum absolute atomic E-state index is 12.6. The van der Waals surface area contributed by atoms with Crippen molar-refractivity contribution in [1.29, 1.82) is 5.26 Å². The van der Waals surface area contributed by atoms with E-state index in [0.717, 1.165) is 12.8 Å². The molecule has 1 aliphatic rings. The lowest BCUT2D eigenvalue weighted by molar-refractivity contribution is 0.0753. The number of nitrogens with zero attached hydrogens (tertiary/aromatic N) is 4. The van der Waals surface area contributed by atoms with Crippen LogP contribution in [0.15, 0.2) is 12.4 Å². The summed E-state index contributed by atoms with van der Waals surface area (Å²) in [5.74, 6) is -0.106. The second-order valence-electron chi connectivity index (χ2n) is 4.69. The molecule has 20 heavy (non-hydrogen) atoms. The number of fused-ring (bicyclic) bond motifs is 1. The Morgan fingerprint density at radius 2 is 2.25 bits per heavy atom. The fourth-order valence-electron chi connectivity index (χ4n) is 2.14. The van der Waals surface area contributed by atoms with Crippen molar-refractivity contribution in [1.82, 2.24) is 14.9 Å². The third-order valence-corrected chi connectivity index (χ3v) is 4.36. The van der Waals surface area contributed by atoms with Crippen LogP contribution in [-0.2, 0) is 0 Å². The summed E-state index contributed by atoms with van der Waals surface area (Å²) in [6.07, 6.45) is 5.48. The van der Waals surface area contributed by atoms with Crippen LogP contribution in [-0.4, -0.2) is 33.4 Å². The van der Waals surface area contributed by atoms with Crippen molar-refractivity contribution in [2.24, 2.45) is 0 Å². The van der Waals surface area contributed by atoms with Gasteiger partial charge in [0, 0.05) is 25.0 Å². The normalized spacial score (nSPS) is 14.2. The number of hydrogen-bond donors (Lipinski definition) is 1. The van der Waals surface area contributed by atoms with Gasteiger partial charge in [0.25, 0.3) is 5.91 Å². The Morgan fingerprint density at radius 3 is 2.90 bits per heavy atom. The minimum atomic E-state index is -0.106. The predicted octanol–water partition coefficient (Wildman–Crippen LogP) is 1.79. The van der Waals surface area contributed by atoms with Gasteiger partial charge in [0.15, 0.2) is 0 Å². The Balaban J connectivity index is 1.94. The Kier molecular flexibility index (Phi) is 3.24. The number of hydrogen-bond acceptors (Lipinski definition) is 6. The molecule has 6 nitrogen and oxygen atoms in total. The zero-order chi connectivity index (χ0) is 14.1. The van der Waals surface area contributed by atoms with Gasteiger partial charge in [-0.15, -0.1) is 11.3 Å². The van der Waals surface area contributed by atoms with E-state index in [2.05, 4.69) is 16.0 Å². The van der Waals surface area contributed by atoms with Crippen LogP contribution in [0.3, 0.4) is 0 Å². The summed E-state index contributed by atoms with van der Waals surface area (Å²) in [7, 11) is 0. The molecule has 0 radical (unpaired) electrons. The van der Waals surface area contributed by atoms with Gasteiger partial charge in [-0.2, -0.15) is 5.26 Å². The van der Waals surface area contributed by atoms with Gasteiger partial charge in [0.05, 0.1) is 18.2 Å². The van der Waals surface area contributed by atoms with Gasteiger partial charge in [0.2, 0.25) is 0 Å². The van der Waals surface area contributed by atoms with Crippen molar-refractivity contribution in [3.63, 3.8) is 0 Å². The summed E-state index contributed by atoms with van der Waals surface area (Å²) < 4.78 is 0. The van der Waals surface area contributed by atoms with Crippen molar-refractivity contribution >= 4 is 33.3 Å². The average Bonchev–Trinajstić information content (AvgIpc) is 3.24. The topological polar surface area (TPSA) is 95.9 Å². The van der Waals surface area contributed by atoms with E-state index in [-0.39, 0.29) is 11.9 Å². The van der Waals surface area contributed by atoms with Gasteiger partial charge in [-0.1, -0.05) is 0 Å². The first-order valence-electron chi connectivity index (χ1n) is 6.39. The van der Waals surface area contributed by atoms with E-state index in [1.54, 1.807) is 17.3 Å². The molecule has 1 fully saturated rings. The first kappa shape index (κ1) is 12.8. The van der Waals surface area contributed by atoms with E-state index in [0.29, 0.717) is 33.9 Å². The molecular weight excluding hydrogens is 274 g/mol. The molecule has 1 amide bonds. The van der Waals surface area contributed by atoms with Crippen molar-refractivity contribution < 1.29 is 4.79 Å². The molecule has 0 unspecified atom stereocenters. The average molecular weight is 287 g/mol. The van der Waals surface area contributed by atoms with Crippen LogP contribution in [0.1, 0.15) is 28.9 Å². The highest BCUT2D eigenvalue weighted by Gasteiger charge is 2.34. The lowest BCUT2D eigenvalue weighted by Crippen LogP contribution is -2.33. The fraction of sp³-hybridized carbons (Fsp3) is 0.385. The van der Waals surface area contributed by atoms with E-state index in [9.17, 15) is 4.79 Å². The summed E-state index contributed by atoms with van der Waals surface area (Å²) >= 11 is 1.27. The molecule has 7 heteroatoms. The lowest BCUT2D eigenvalue weighted by Gasteiger charge is -2.20. The SMILES string of the molecule is N#CCCN(C(=O)c1sc2nccnc2c1N)C1CC1. The molecule has 2 heterocycles. The minimum absolute atomic E-state index is 0.106. The number of carbonyl (C=O) groups excluding carboxylic acids is 1. The van der Waals surface area contributed by atoms with Gasteiger partial charge < -0.3 is 10.6 Å². The number of nitrogen functional groups attached to an aromatic ring is 1. The highest BCUT2D eigenvalue weighted by Crippen LogP contribution is 2.35. The summed E-state index contributed by atoms with van der Waals surface area (Å²) in [5, 5.41) is 8.71. The molecule has 3 rings (SSSR count). The summed E-state index contributed by atoms with van der Waals surface area (Å²) in [4.78, 5) is 23.9. The summed E-state index contributed by atoms with van der Waals surface area (Å²) in [5.41, 5.74) is 7.00. The Labute approximate surface area is 119 Å². The van der Waals surface area contributed by atoms with Crippen LogP contribution < -0.4 is 5.73 Å². The van der Waals surface area contributed by atoms with Gasteiger partial charge in [0.1, 0.15) is 15.2 Å². The van der Waals surface area contributed by atoms with E-state index in [1.165, 1.54) is 11.3 Å². The second kappa shape index (κ2) is 5.06. The number of thiophene rings is 1. The van der Waals surface area contributed by atoms with E-state index in [4.69, 9.17) is 11.0 Å². The minimum Gasteiger partial charge on any atom is -0.396 e. The highest BCUT2D eigenvalue weighted by molar-refractivity contribution is 7.21. The lowest BCUT2D eigenvalue weighted by atomic mass is 10.3. The van der Waals surface area contributed by atoms with Crippen LogP contribution in [0.4, 0.5) is 5.69 Å². The quantitative estimate of drug-likeness (QED) is 0.924. The molecule has 2 aromatic heterocycles. The first-order valence-corrected chi connectivity index (χ1v) is 7.21. The number of aromatic nitrogens is 2. The monoisotopic (exact) mass is 287 g/mol. The summed E-state index contributed by atoms with van der Waals surface area (Å²) in [6, 6.07) is 2.33. The molecule has 2 N–H and O–H groups in total. The Morgan fingerprint density at radius 1 is 1.50 bits per heavy atom. The molecule has 0 bridgehead atoms. The smallest absolute Gasteiger partial charge is 0.266 e. The largest absolute Gasteiger partial charge is 0.396 e. The standard InChI is InChI=1S/C13H13N5OS/c14-4-1-7-18(8-2-3-8)13(19)11-9(15)10-12(20-11)17-6-5-16-10/h5-6,8H,1-3,7,15H2. The number of nitrogens with two attached hydrogens (primary N) is 1. The maximum atomic E-state index is 12.6. The Hall–Kier alpha value is -2.20. The number of amides is 1. The van der Waals surface area contributed by atoms with Crippen LogP contribution in [0.25, 0.3) is 10.3 Å². The van der Waals surface area contributed by atoms with Gasteiger partial charge in [-0.05, 0) is 12.8 Å². The maximum Gasteiger partial charge on any atom is 0.266 e. The fourth-order valence-corrected chi connectivity index (χ4v) is 3.12. The van der Waals surface area contributed by atoms with Crippen LogP contribution in [0, 0.1) is 11.3 Å². The molecule has 0 saturated heterocycles. The van der Waals surface area contributed by atoms with E-state index >= 15 is 0 Å². The molecular formula is C13H13N5OS. The van der Waals surface area contributed by atoms with Crippen molar-refractivity contribution in [3.05, 3.63) is 17.3 Å².